The first-order chi connectivity index (χ1) is 16.6. The monoisotopic (exact) mass is 465 g/mol. The molecule has 2 aliphatic heterocycles. The average Bonchev–Trinajstić information content (AvgIpc) is 2.87. The van der Waals surface area contributed by atoms with Crippen molar-refractivity contribution in [3.63, 3.8) is 0 Å². The molecule has 0 bridgehead atoms. The summed E-state index contributed by atoms with van der Waals surface area (Å²) in [7, 11) is 1.70. The molecule has 2 N–H and O–H groups in total. The third kappa shape index (κ3) is 4.90. The molecule has 2 aromatic rings. The Morgan fingerprint density at radius 3 is 2.91 bits per heavy atom. The second-order valence-electron chi connectivity index (χ2n) is 8.50. The van der Waals surface area contributed by atoms with E-state index in [9.17, 15) is 9.59 Å². The molecule has 34 heavy (non-hydrogen) atoms. The van der Waals surface area contributed by atoms with Crippen LogP contribution in [0.25, 0.3) is 6.08 Å². The zero-order valence-electron chi connectivity index (χ0n) is 19.0. The number of aromatic nitrogens is 1. The van der Waals surface area contributed by atoms with Gasteiger partial charge in [0.05, 0.1) is 37.8 Å². The molecule has 0 atom stereocenters. The first-order valence-corrected chi connectivity index (χ1v) is 11.4. The van der Waals surface area contributed by atoms with Gasteiger partial charge in [0.15, 0.2) is 12.9 Å². The first-order valence-electron chi connectivity index (χ1n) is 11.4. The molecule has 1 aliphatic carbocycles. The summed E-state index contributed by atoms with van der Waals surface area (Å²) in [4.78, 5) is 28.7. The summed E-state index contributed by atoms with van der Waals surface area (Å²) >= 11 is 0. The maximum absolute atomic E-state index is 12.7. The number of hydrogen-bond acceptors (Lipinski definition) is 7. The van der Waals surface area contributed by atoms with Crippen molar-refractivity contribution in [1.29, 1.82) is 0 Å². The molecule has 0 radical (unpaired) electrons. The van der Waals surface area contributed by atoms with Gasteiger partial charge in [-0.15, -0.1) is 0 Å². The normalized spacial score (nSPS) is 21.3. The topological polar surface area (TPSA) is 108 Å². The highest BCUT2D eigenvalue weighted by Gasteiger charge is 2.25. The number of allylic oxidation sites excluding steroid dienone is 1. The largest absolute Gasteiger partial charge is 0.501 e. The van der Waals surface area contributed by atoms with Crippen LogP contribution in [-0.2, 0) is 31.8 Å². The zero-order chi connectivity index (χ0) is 23.5. The summed E-state index contributed by atoms with van der Waals surface area (Å²) in [6.07, 6.45) is 6.85. The summed E-state index contributed by atoms with van der Waals surface area (Å²) in [6, 6.07) is 6.72. The van der Waals surface area contributed by atoms with Crippen LogP contribution in [0.5, 0.6) is 5.75 Å². The van der Waals surface area contributed by atoms with Crippen LogP contribution in [0.15, 0.2) is 36.2 Å². The van der Waals surface area contributed by atoms with Crippen molar-refractivity contribution in [3.8, 4) is 5.75 Å². The van der Waals surface area contributed by atoms with E-state index in [1.54, 1.807) is 25.3 Å². The Labute approximate surface area is 197 Å². The second kappa shape index (κ2) is 9.82. The van der Waals surface area contributed by atoms with E-state index in [1.807, 2.05) is 12.3 Å². The van der Waals surface area contributed by atoms with Crippen LogP contribution in [0.2, 0.25) is 0 Å². The maximum atomic E-state index is 12.7. The fourth-order valence-corrected chi connectivity index (χ4v) is 4.35. The van der Waals surface area contributed by atoms with E-state index < -0.39 is 0 Å². The number of carbonyl (C=O) groups is 2. The first kappa shape index (κ1) is 22.4. The Morgan fingerprint density at radius 2 is 2.09 bits per heavy atom. The number of hydrogen-bond donors (Lipinski definition) is 2. The van der Waals surface area contributed by atoms with E-state index in [1.165, 1.54) is 5.56 Å². The number of anilines is 1. The predicted molar refractivity (Wildman–Crippen MR) is 123 cm³/mol. The standard InChI is InChI=1S/C25H27N3O6/c1-31-18-4-5-20-19(11-18)15(8-9-26-20)3-7-24-33-12-17(13-34-24)27-25(30)16-2-6-22-21(10-16)28-23(29)14-32-22/h2,6,8-11,17,24H,3-5,7,12-14H2,1H3,(H,27,30)(H,28,29). The minimum atomic E-state index is -0.331. The lowest BCUT2D eigenvalue weighted by Crippen LogP contribution is -2.47. The van der Waals surface area contributed by atoms with E-state index in [0.29, 0.717) is 36.6 Å². The van der Waals surface area contributed by atoms with Crippen molar-refractivity contribution < 1.29 is 28.5 Å². The summed E-state index contributed by atoms with van der Waals surface area (Å²) < 4.78 is 22.5. The number of nitrogens with one attached hydrogen (secondary N) is 2. The molecule has 5 rings (SSSR count). The number of fused-ring (bicyclic) bond motifs is 2. The lowest BCUT2D eigenvalue weighted by atomic mass is 9.94. The van der Waals surface area contributed by atoms with E-state index in [0.717, 1.165) is 36.3 Å². The SMILES string of the molecule is COC1=Cc2c(CCC3OCC(NC(=O)c4ccc5c(c4)NC(=O)CO5)CO3)ccnc2CC1. The highest BCUT2D eigenvalue weighted by atomic mass is 16.7. The number of carbonyl (C=O) groups excluding carboxylic acids is 2. The highest BCUT2D eigenvalue weighted by molar-refractivity contribution is 5.99. The van der Waals surface area contributed by atoms with E-state index >= 15 is 0 Å². The number of pyridine rings is 1. The van der Waals surface area contributed by atoms with Gasteiger partial charge in [-0.05, 0) is 48.7 Å². The molecule has 1 aromatic heterocycles. The van der Waals surface area contributed by atoms with Gasteiger partial charge >= 0.3 is 0 Å². The lowest BCUT2D eigenvalue weighted by molar-refractivity contribution is -0.190. The molecular formula is C25H27N3O6. The third-order valence-corrected chi connectivity index (χ3v) is 6.16. The van der Waals surface area contributed by atoms with Gasteiger partial charge in [-0.1, -0.05) is 0 Å². The molecule has 0 saturated carbocycles. The molecule has 3 heterocycles. The summed E-state index contributed by atoms with van der Waals surface area (Å²) in [5.74, 6) is 1.02. The van der Waals surface area contributed by atoms with Crippen LogP contribution in [-0.4, -0.2) is 56.1 Å². The van der Waals surface area contributed by atoms with Gasteiger partial charge in [0.2, 0.25) is 0 Å². The lowest BCUT2D eigenvalue weighted by Gasteiger charge is -2.30. The Hall–Kier alpha value is -3.43. The maximum Gasteiger partial charge on any atom is 0.262 e. The van der Waals surface area contributed by atoms with Crippen molar-refractivity contribution in [3.05, 3.63) is 58.6 Å². The number of nitrogens with zero attached hydrogens (tertiary/aromatic N) is 1. The quantitative estimate of drug-likeness (QED) is 0.675. The Kier molecular flexibility index (Phi) is 6.46. The Balaban J connectivity index is 1.12. The van der Waals surface area contributed by atoms with Gasteiger partial charge in [-0.2, -0.15) is 0 Å². The summed E-state index contributed by atoms with van der Waals surface area (Å²) in [5, 5.41) is 5.64. The van der Waals surface area contributed by atoms with Crippen LogP contribution >= 0.6 is 0 Å². The molecule has 178 valence electrons. The second-order valence-corrected chi connectivity index (χ2v) is 8.50. The minimum Gasteiger partial charge on any atom is -0.501 e. The molecule has 9 nitrogen and oxygen atoms in total. The minimum absolute atomic E-state index is 0.0228. The van der Waals surface area contributed by atoms with Crippen molar-refractivity contribution in [2.24, 2.45) is 0 Å². The van der Waals surface area contributed by atoms with Gasteiger partial charge in [-0.25, -0.2) is 0 Å². The number of aryl methyl sites for hydroxylation is 2. The molecule has 0 spiro atoms. The fourth-order valence-electron chi connectivity index (χ4n) is 4.35. The van der Waals surface area contributed by atoms with Gasteiger partial charge in [0, 0.05) is 35.9 Å². The number of methoxy groups -OCH3 is 1. The summed E-state index contributed by atoms with van der Waals surface area (Å²) in [6.45, 7) is 0.706. The van der Waals surface area contributed by atoms with Gasteiger partial charge < -0.3 is 29.6 Å². The zero-order valence-corrected chi connectivity index (χ0v) is 19.0. The molecule has 1 saturated heterocycles. The smallest absolute Gasteiger partial charge is 0.262 e. The van der Waals surface area contributed by atoms with E-state index in [2.05, 4.69) is 21.7 Å². The molecule has 9 heteroatoms. The van der Waals surface area contributed by atoms with Crippen LogP contribution in [0, 0.1) is 0 Å². The molecular weight excluding hydrogens is 438 g/mol. The third-order valence-electron chi connectivity index (χ3n) is 6.16. The molecule has 2 amide bonds. The average molecular weight is 466 g/mol. The van der Waals surface area contributed by atoms with Crippen LogP contribution in [0.3, 0.4) is 0 Å². The molecule has 1 aromatic carbocycles. The fraction of sp³-hybridized carbons (Fsp3) is 0.400. The van der Waals surface area contributed by atoms with E-state index in [4.69, 9.17) is 18.9 Å². The molecule has 1 fully saturated rings. The predicted octanol–water partition coefficient (Wildman–Crippen LogP) is 2.45. The van der Waals surface area contributed by atoms with Gasteiger partial charge in [0.25, 0.3) is 11.8 Å². The van der Waals surface area contributed by atoms with Crippen molar-refractivity contribution in [2.45, 2.75) is 38.0 Å². The number of ether oxygens (including phenoxy) is 4. The van der Waals surface area contributed by atoms with Crippen LogP contribution < -0.4 is 15.4 Å². The van der Waals surface area contributed by atoms with Crippen molar-refractivity contribution in [2.75, 3.05) is 32.2 Å². The van der Waals surface area contributed by atoms with Gasteiger partial charge in [-0.3, -0.25) is 14.6 Å². The van der Waals surface area contributed by atoms with Crippen LogP contribution in [0.4, 0.5) is 5.69 Å². The van der Waals surface area contributed by atoms with Crippen molar-refractivity contribution in [1.82, 2.24) is 10.3 Å². The Morgan fingerprint density at radius 1 is 1.24 bits per heavy atom. The molecule has 3 aliphatic rings. The van der Waals surface area contributed by atoms with Gasteiger partial charge in [0.1, 0.15) is 5.75 Å². The number of benzene rings is 1. The number of amides is 2. The Bertz CT molecular complexity index is 1120. The van der Waals surface area contributed by atoms with E-state index in [-0.39, 0.29) is 30.8 Å². The molecule has 0 unspecified atom stereocenters. The summed E-state index contributed by atoms with van der Waals surface area (Å²) in [5.41, 5.74) is 4.35. The number of rotatable bonds is 6. The van der Waals surface area contributed by atoms with Crippen molar-refractivity contribution >= 4 is 23.6 Å². The van der Waals surface area contributed by atoms with Crippen LogP contribution in [0.1, 0.15) is 40.0 Å². The highest BCUT2D eigenvalue weighted by Crippen LogP contribution is 2.29.